The van der Waals surface area contributed by atoms with Gasteiger partial charge in [-0.3, -0.25) is 4.79 Å². The number of carbonyl (C=O) groups excluding carboxylic acids is 1. The van der Waals surface area contributed by atoms with Crippen LogP contribution in [0.4, 0.5) is 4.79 Å². The molecule has 0 bridgehead atoms. The van der Waals surface area contributed by atoms with Crippen LogP contribution >= 0.6 is 0 Å². The maximum atomic E-state index is 12.0. The fourth-order valence-electron chi connectivity index (χ4n) is 2.37. The third-order valence-electron chi connectivity index (χ3n) is 3.34. The number of nitrogens with zero attached hydrogens (tertiary/aromatic N) is 1. The molecule has 1 saturated heterocycles. The van der Waals surface area contributed by atoms with Crippen molar-refractivity contribution < 1.29 is 24.2 Å². The summed E-state index contributed by atoms with van der Waals surface area (Å²) in [6.45, 7) is 11.3. The zero-order valence-corrected chi connectivity index (χ0v) is 14.3. The molecule has 7 nitrogen and oxygen atoms in total. The van der Waals surface area contributed by atoms with Gasteiger partial charge in [-0.1, -0.05) is 6.08 Å². The SMILES string of the molecule is C=CCCOCCNC1(CC(=O)O)CN(C(=O)OC(C)(C)C)C1. The summed E-state index contributed by atoms with van der Waals surface area (Å²) in [5.74, 6) is -0.895. The number of ether oxygens (including phenoxy) is 2. The number of carbonyl (C=O) groups is 2. The number of carboxylic acid groups (broad SMARTS) is 1. The van der Waals surface area contributed by atoms with Crippen LogP contribution in [-0.2, 0) is 14.3 Å². The third-order valence-corrected chi connectivity index (χ3v) is 3.34. The second-order valence-corrected chi connectivity index (χ2v) is 6.80. The summed E-state index contributed by atoms with van der Waals surface area (Å²) in [7, 11) is 0. The summed E-state index contributed by atoms with van der Waals surface area (Å²) < 4.78 is 10.7. The average Bonchev–Trinajstić information content (AvgIpc) is 2.36. The second-order valence-electron chi connectivity index (χ2n) is 6.80. The van der Waals surface area contributed by atoms with E-state index in [1.165, 1.54) is 4.90 Å². The molecule has 0 unspecified atom stereocenters. The molecule has 132 valence electrons. The third kappa shape index (κ3) is 7.00. The molecule has 0 aromatic heterocycles. The van der Waals surface area contributed by atoms with Gasteiger partial charge in [-0.2, -0.15) is 0 Å². The Kier molecular flexibility index (Phi) is 7.02. The normalized spacial score (nSPS) is 16.6. The maximum Gasteiger partial charge on any atom is 0.410 e. The van der Waals surface area contributed by atoms with E-state index in [1.54, 1.807) is 26.8 Å². The van der Waals surface area contributed by atoms with E-state index in [9.17, 15) is 9.59 Å². The quantitative estimate of drug-likeness (QED) is 0.494. The molecule has 23 heavy (non-hydrogen) atoms. The molecule has 0 radical (unpaired) electrons. The fraction of sp³-hybridized carbons (Fsp3) is 0.750. The highest BCUT2D eigenvalue weighted by molar-refractivity contribution is 5.73. The van der Waals surface area contributed by atoms with Crippen LogP contribution in [0.1, 0.15) is 33.6 Å². The van der Waals surface area contributed by atoms with Crippen LogP contribution in [0.3, 0.4) is 0 Å². The average molecular weight is 328 g/mol. The first-order chi connectivity index (χ1) is 10.7. The van der Waals surface area contributed by atoms with Crippen LogP contribution in [0.25, 0.3) is 0 Å². The lowest BCUT2D eigenvalue weighted by atomic mass is 9.86. The molecule has 1 aliphatic rings. The number of amides is 1. The number of carboxylic acids is 1. The number of likely N-dealkylation sites (tertiary alicyclic amines) is 1. The Bertz CT molecular complexity index is 425. The standard InChI is InChI=1S/C16H28N2O5/c1-5-6-8-22-9-7-17-16(10-13(19)20)11-18(12-16)14(21)23-15(2,3)4/h5,17H,1,6-12H2,2-4H3,(H,19,20). The molecule has 0 saturated carbocycles. The minimum absolute atomic E-state index is 0.0427. The molecule has 0 spiro atoms. The van der Waals surface area contributed by atoms with Crippen molar-refractivity contribution in [1.29, 1.82) is 0 Å². The van der Waals surface area contributed by atoms with Crippen LogP contribution in [0.15, 0.2) is 12.7 Å². The molecule has 0 aromatic carbocycles. The van der Waals surface area contributed by atoms with Gasteiger partial charge >= 0.3 is 12.1 Å². The Morgan fingerprint density at radius 2 is 2.00 bits per heavy atom. The Morgan fingerprint density at radius 3 is 2.52 bits per heavy atom. The summed E-state index contributed by atoms with van der Waals surface area (Å²) in [5.41, 5.74) is -1.17. The Hall–Kier alpha value is -1.60. The number of hydrogen-bond donors (Lipinski definition) is 2. The van der Waals surface area contributed by atoms with Gasteiger partial charge in [-0.15, -0.1) is 6.58 Å². The molecule has 0 aromatic rings. The summed E-state index contributed by atoms with van der Waals surface area (Å²) >= 11 is 0. The van der Waals surface area contributed by atoms with Gasteiger partial charge in [0.15, 0.2) is 0 Å². The lowest BCUT2D eigenvalue weighted by molar-refractivity contribution is -0.141. The highest BCUT2D eigenvalue weighted by Crippen LogP contribution is 2.26. The van der Waals surface area contributed by atoms with Crippen LogP contribution in [0, 0.1) is 0 Å². The first-order valence-corrected chi connectivity index (χ1v) is 7.81. The topological polar surface area (TPSA) is 88.1 Å². The van der Waals surface area contributed by atoms with Gasteiger partial charge < -0.3 is 24.8 Å². The predicted octanol–water partition coefficient (Wildman–Crippen LogP) is 1.63. The molecular formula is C16H28N2O5. The van der Waals surface area contributed by atoms with E-state index >= 15 is 0 Å². The second kappa shape index (κ2) is 8.31. The number of nitrogens with one attached hydrogen (secondary N) is 1. The van der Waals surface area contributed by atoms with Crippen molar-refractivity contribution in [2.24, 2.45) is 0 Å². The minimum atomic E-state index is -0.895. The van der Waals surface area contributed by atoms with E-state index in [0.717, 1.165) is 6.42 Å². The maximum absolute atomic E-state index is 12.0. The molecule has 7 heteroatoms. The lowest BCUT2D eigenvalue weighted by Crippen LogP contribution is -2.71. The largest absolute Gasteiger partial charge is 0.481 e. The summed E-state index contributed by atoms with van der Waals surface area (Å²) in [5, 5.41) is 12.3. The van der Waals surface area contributed by atoms with Crippen molar-refractivity contribution in [3.63, 3.8) is 0 Å². The first kappa shape index (κ1) is 19.4. The Morgan fingerprint density at radius 1 is 1.35 bits per heavy atom. The molecule has 0 atom stereocenters. The van der Waals surface area contributed by atoms with Gasteiger partial charge in [0.05, 0.1) is 25.2 Å². The van der Waals surface area contributed by atoms with Crippen molar-refractivity contribution in [2.45, 2.75) is 44.8 Å². The van der Waals surface area contributed by atoms with Crippen molar-refractivity contribution in [3.05, 3.63) is 12.7 Å². The van der Waals surface area contributed by atoms with Gasteiger partial charge in [0.1, 0.15) is 5.60 Å². The van der Waals surface area contributed by atoms with Gasteiger partial charge in [-0.05, 0) is 27.2 Å². The predicted molar refractivity (Wildman–Crippen MR) is 86.4 cm³/mol. The summed E-state index contributed by atoms with van der Waals surface area (Å²) in [6.07, 6.45) is 2.11. The summed E-state index contributed by atoms with van der Waals surface area (Å²) in [6, 6.07) is 0. The highest BCUT2D eigenvalue weighted by Gasteiger charge is 2.47. The van der Waals surface area contributed by atoms with Crippen LogP contribution in [0.2, 0.25) is 0 Å². The molecule has 1 amide bonds. The van der Waals surface area contributed by atoms with Crippen LogP contribution in [-0.4, -0.2) is 66.1 Å². The fourth-order valence-corrected chi connectivity index (χ4v) is 2.37. The van der Waals surface area contributed by atoms with Crippen molar-refractivity contribution in [1.82, 2.24) is 10.2 Å². The molecule has 1 heterocycles. The molecular weight excluding hydrogens is 300 g/mol. The van der Waals surface area contributed by atoms with Gasteiger partial charge in [0, 0.05) is 19.6 Å². The minimum Gasteiger partial charge on any atom is -0.481 e. The van der Waals surface area contributed by atoms with Gasteiger partial charge in [0.25, 0.3) is 0 Å². The zero-order valence-electron chi connectivity index (χ0n) is 14.3. The zero-order chi connectivity index (χ0) is 17.5. The lowest BCUT2D eigenvalue weighted by Gasteiger charge is -2.49. The van der Waals surface area contributed by atoms with E-state index in [0.29, 0.717) is 32.8 Å². The monoisotopic (exact) mass is 328 g/mol. The molecule has 1 fully saturated rings. The molecule has 2 N–H and O–H groups in total. The van der Waals surface area contributed by atoms with E-state index < -0.39 is 23.2 Å². The Balaban J connectivity index is 2.42. The van der Waals surface area contributed by atoms with E-state index in [-0.39, 0.29) is 6.42 Å². The van der Waals surface area contributed by atoms with Crippen molar-refractivity contribution in [2.75, 3.05) is 32.8 Å². The smallest absolute Gasteiger partial charge is 0.410 e. The van der Waals surface area contributed by atoms with E-state index in [1.807, 2.05) is 0 Å². The van der Waals surface area contributed by atoms with Gasteiger partial charge in [0.2, 0.25) is 0 Å². The van der Waals surface area contributed by atoms with Crippen molar-refractivity contribution in [3.8, 4) is 0 Å². The molecule has 0 aliphatic carbocycles. The van der Waals surface area contributed by atoms with Crippen molar-refractivity contribution >= 4 is 12.1 Å². The molecule has 1 aliphatic heterocycles. The first-order valence-electron chi connectivity index (χ1n) is 7.81. The molecule has 1 rings (SSSR count). The highest BCUT2D eigenvalue weighted by atomic mass is 16.6. The Labute approximate surface area is 137 Å². The number of aliphatic carboxylic acids is 1. The van der Waals surface area contributed by atoms with Crippen LogP contribution in [0.5, 0.6) is 0 Å². The number of rotatable bonds is 9. The van der Waals surface area contributed by atoms with E-state index in [2.05, 4.69) is 11.9 Å². The van der Waals surface area contributed by atoms with Gasteiger partial charge in [-0.25, -0.2) is 4.79 Å². The number of hydrogen-bond acceptors (Lipinski definition) is 5. The van der Waals surface area contributed by atoms with E-state index in [4.69, 9.17) is 14.6 Å². The van der Waals surface area contributed by atoms with Crippen LogP contribution < -0.4 is 5.32 Å². The summed E-state index contributed by atoms with van der Waals surface area (Å²) in [4.78, 5) is 24.5.